The average Bonchev–Trinajstić information content (AvgIpc) is 2.56. The Morgan fingerprint density at radius 2 is 1.62 bits per heavy atom. The molecule has 0 heterocycles. The maximum absolute atomic E-state index is 11.7. The highest BCUT2D eigenvalue weighted by atomic mass is 16.4. The molecule has 0 aromatic carbocycles. The molecule has 1 aliphatic rings. The Morgan fingerprint density at radius 3 is 2.12 bits per heavy atom. The maximum Gasteiger partial charge on any atom is 0.343 e. The molecule has 0 aliphatic heterocycles. The van der Waals surface area contributed by atoms with Crippen LogP contribution in [-0.4, -0.2) is 22.2 Å². The van der Waals surface area contributed by atoms with Gasteiger partial charge in [0.2, 0.25) is 0 Å². The molecule has 0 amide bonds. The van der Waals surface area contributed by atoms with E-state index in [0.29, 0.717) is 18.4 Å². The third kappa shape index (κ3) is 4.37. The second-order valence-electron chi connectivity index (χ2n) is 6.45. The Labute approximate surface area is 145 Å². The van der Waals surface area contributed by atoms with Crippen LogP contribution in [0, 0.1) is 11.3 Å². The van der Waals surface area contributed by atoms with E-state index in [9.17, 15) is 19.8 Å². The summed E-state index contributed by atoms with van der Waals surface area (Å²) in [4.78, 5) is 23.4. The molecule has 0 fully saturated rings. The van der Waals surface area contributed by atoms with Crippen LogP contribution in [0.3, 0.4) is 0 Å². The van der Waals surface area contributed by atoms with Crippen molar-refractivity contribution in [2.24, 2.45) is 11.3 Å². The van der Waals surface area contributed by atoms with Gasteiger partial charge in [0.1, 0.15) is 5.57 Å². The summed E-state index contributed by atoms with van der Waals surface area (Å²) in [6, 6.07) is 0. The Bertz CT molecular complexity index is 526. The zero-order valence-corrected chi connectivity index (χ0v) is 15.0. The quantitative estimate of drug-likeness (QED) is 0.336. The number of hydrogen-bond acceptors (Lipinski definition) is 2. The second kappa shape index (κ2) is 9.45. The summed E-state index contributed by atoms with van der Waals surface area (Å²) in [5.74, 6) is -2.52. The van der Waals surface area contributed by atoms with Gasteiger partial charge < -0.3 is 10.2 Å². The van der Waals surface area contributed by atoms with Crippen LogP contribution in [0.15, 0.2) is 35.5 Å². The van der Waals surface area contributed by atoms with E-state index in [1.165, 1.54) is 0 Å². The van der Waals surface area contributed by atoms with Crippen molar-refractivity contribution in [1.82, 2.24) is 0 Å². The molecule has 24 heavy (non-hydrogen) atoms. The van der Waals surface area contributed by atoms with Crippen molar-refractivity contribution in [3.8, 4) is 0 Å². The first-order valence-electron chi connectivity index (χ1n) is 9.00. The minimum Gasteiger partial charge on any atom is -0.477 e. The molecule has 0 bridgehead atoms. The first-order chi connectivity index (χ1) is 11.4. The Kier molecular flexibility index (Phi) is 7.96. The summed E-state index contributed by atoms with van der Waals surface area (Å²) < 4.78 is 0. The van der Waals surface area contributed by atoms with E-state index in [-0.39, 0.29) is 5.92 Å². The largest absolute Gasteiger partial charge is 0.477 e. The van der Waals surface area contributed by atoms with Gasteiger partial charge >= 0.3 is 11.9 Å². The molecule has 134 valence electrons. The highest BCUT2D eigenvalue weighted by Gasteiger charge is 2.41. The summed E-state index contributed by atoms with van der Waals surface area (Å²) in [5, 5.41) is 19.1. The van der Waals surface area contributed by atoms with Crippen molar-refractivity contribution in [2.45, 2.75) is 65.7 Å². The standard InChI is InChI=1S/C20H30O4/c1-4-7-11-15-12-9-10-14-20(15,6-3)16(13-8-5-2)17(18(21)22)19(23)24/h9-10,12,14-15H,4-8,11,13H2,1-3H3,(H,21,22)(H,23,24). The van der Waals surface area contributed by atoms with Crippen molar-refractivity contribution in [3.05, 3.63) is 35.5 Å². The molecule has 0 saturated carbocycles. The summed E-state index contributed by atoms with van der Waals surface area (Å²) in [7, 11) is 0. The summed E-state index contributed by atoms with van der Waals surface area (Å²) in [6.07, 6.45) is 14.0. The first kappa shape index (κ1) is 20.2. The highest BCUT2D eigenvalue weighted by molar-refractivity contribution is 6.13. The van der Waals surface area contributed by atoms with Gasteiger partial charge in [-0.05, 0) is 37.2 Å². The molecule has 0 aromatic heterocycles. The number of rotatable bonds is 10. The van der Waals surface area contributed by atoms with E-state index in [4.69, 9.17) is 0 Å². The number of allylic oxidation sites excluding steroid dienone is 5. The second-order valence-corrected chi connectivity index (χ2v) is 6.45. The molecule has 0 radical (unpaired) electrons. The average molecular weight is 334 g/mol. The molecule has 0 spiro atoms. The SMILES string of the molecule is CCCCC(=C(C(=O)O)C(=O)O)C1(CC)C=CC=CC1CCCC. The van der Waals surface area contributed by atoms with Crippen molar-refractivity contribution in [3.63, 3.8) is 0 Å². The molecule has 2 unspecified atom stereocenters. The van der Waals surface area contributed by atoms with E-state index in [1.54, 1.807) is 0 Å². The molecule has 2 atom stereocenters. The molecular formula is C20H30O4. The molecule has 1 rings (SSSR count). The Balaban J connectivity index is 3.51. The topological polar surface area (TPSA) is 74.6 Å². The summed E-state index contributed by atoms with van der Waals surface area (Å²) in [6.45, 7) is 6.18. The predicted octanol–water partition coefficient (Wildman–Crippen LogP) is 4.97. The number of carbonyl (C=O) groups is 2. The smallest absolute Gasteiger partial charge is 0.343 e. The van der Waals surface area contributed by atoms with E-state index in [2.05, 4.69) is 13.0 Å². The number of aliphatic carboxylic acids is 2. The number of carboxylic acid groups (broad SMARTS) is 2. The normalized spacial score (nSPS) is 22.4. The van der Waals surface area contributed by atoms with Gasteiger partial charge in [-0.25, -0.2) is 9.59 Å². The van der Waals surface area contributed by atoms with Crippen LogP contribution in [0.2, 0.25) is 0 Å². The van der Waals surface area contributed by atoms with Crippen LogP contribution >= 0.6 is 0 Å². The number of unbranched alkanes of at least 4 members (excludes halogenated alkanes) is 2. The van der Waals surface area contributed by atoms with Gasteiger partial charge in [-0.3, -0.25) is 0 Å². The Hall–Kier alpha value is -1.84. The van der Waals surface area contributed by atoms with Crippen LogP contribution in [0.5, 0.6) is 0 Å². The van der Waals surface area contributed by atoms with E-state index in [0.717, 1.165) is 32.1 Å². The van der Waals surface area contributed by atoms with Crippen LogP contribution in [0.25, 0.3) is 0 Å². The highest BCUT2D eigenvalue weighted by Crippen LogP contribution is 2.48. The predicted molar refractivity (Wildman–Crippen MR) is 95.8 cm³/mol. The summed E-state index contributed by atoms with van der Waals surface area (Å²) >= 11 is 0. The Morgan fingerprint density at radius 1 is 1.00 bits per heavy atom. The van der Waals surface area contributed by atoms with Crippen LogP contribution in [0.4, 0.5) is 0 Å². The van der Waals surface area contributed by atoms with Gasteiger partial charge in [-0.15, -0.1) is 0 Å². The third-order valence-electron chi connectivity index (χ3n) is 5.04. The lowest BCUT2D eigenvalue weighted by atomic mass is 9.62. The van der Waals surface area contributed by atoms with Gasteiger partial charge in [0.15, 0.2) is 0 Å². The lowest BCUT2D eigenvalue weighted by Gasteiger charge is -2.41. The van der Waals surface area contributed by atoms with E-state index >= 15 is 0 Å². The summed E-state index contributed by atoms with van der Waals surface area (Å²) in [5.41, 5.74) is -0.370. The maximum atomic E-state index is 11.7. The molecule has 4 heteroatoms. The van der Waals surface area contributed by atoms with E-state index in [1.807, 2.05) is 32.1 Å². The molecule has 1 aliphatic carbocycles. The van der Waals surface area contributed by atoms with Gasteiger partial charge in [-0.1, -0.05) is 64.3 Å². The number of carboxylic acids is 2. The fourth-order valence-corrected chi connectivity index (χ4v) is 3.71. The number of hydrogen-bond donors (Lipinski definition) is 2. The zero-order valence-electron chi connectivity index (χ0n) is 15.0. The van der Waals surface area contributed by atoms with Gasteiger partial charge in [0, 0.05) is 5.41 Å². The van der Waals surface area contributed by atoms with Gasteiger partial charge in [-0.2, -0.15) is 0 Å². The molecule has 0 saturated heterocycles. The van der Waals surface area contributed by atoms with Crippen molar-refractivity contribution >= 4 is 11.9 Å². The minimum absolute atomic E-state index is 0.146. The molecule has 4 nitrogen and oxygen atoms in total. The minimum atomic E-state index is -1.33. The zero-order chi connectivity index (χ0) is 18.2. The monoisotopic (exact) mass is 334 g/mol. The van der Waals surface area contributed by atoms with Crippen LogP contribution < -0.4 is 0 Å². The lowest BCUT2D eigenvalue weighted by Crippen LogP contribution is -2.34. The molecule has 2 N–H and O–H groups in total. The molecule has 0 aromatic rings. The van der Waals surface area contributed by atoms with Crippen LogP contribution in [-0.2, 0) is 9.59 Å². The van der Waals surface area contributed by atoms with Crippen molar-refractivity contribution in [2.75, 3.05) is 0 Å². The van der Waals surface area contributed by atoms with Crippen LogP contribution in [0.1, 0.15) is 65.7 Å². The van der Waals surface area contributed by atoms with Gasteiger partial charge in [0.05, 0.1) is 0 Å². The molecular weight excluding hydrogens is 304 g/mol. The first-order valence-corrected chi connectivity index (χ1v) is 9.00. The lowest BCUT2D eigenvalue weighted by molar-refractivity contribution is -0.140. The fraction of sp³-hybridized carbons (Fsp3) is 0.600. The van der Waals surface area contributed by atoms with Crippen molar-refractivity contribution < 1.29 is 19.8 Å². The fourth-order valence-electron chi connectivity index (χ4n) is 3.71. The van der Waals surface area contributed by atoms with E-state index < -0.39 is 22.9 Å². The third-order valence-corrected chi connectivity index (χ3v) is 5.04. The van der Waals surface area contributed by atoms with Crippen molar-refractivity contribution in [1.29, 1.82) is 0 Å². The van der Waals surface area contributed by atoms with Gasteiger partial charge in [0.25, 0.3) is 0 Å².